The summed E-state index contributed by atoms with van der Waals surface area (Å²) in [5.74, 6) is -1.80. The summed E-state index contributed by atoms with van der Waals surface area (Å²) in [6.45, 7) is 6.75. The van der Waals surface area contributed by atoms with Crippen molar-refractivity contribution in [2.45, 2.75) is 26.9 Å². The first-order chi connectivity index (χ1) is 7.32. The molecule has 0 spiro atoms. The van der Waals surface area contributed by atoms with Crippen molar-refractivity contribution in [2.24, 2.45) is 0 Å². The van der Waals surface area contributed by atoms with Gasteiger partial charge < -0.3 is 14.2 Å². The molecular weight excluding hydrogens is 216 g/mol. The lowest BCUT2D eigenvalue weighted by Crippen LogP contribution is -2.27. The quantitative estimate of drug-likeness (QED) is 0.390. The summed E-state index contributed by atoms with van der Waals surface area (Å²) >= 11 is 0. The van der Waals surface area contributed by atoms with Crippen LogP contribution in [0.4, 0.5) is 0 Å². The minimum absolute atomic E-state index is 0.0797. The van der Waals surface area contributed by atoms with Crippen molar-refractivity contribution in [3.05, 3.63) is 12.3 Å². The van der Waals surface area contributed by atoms with Crippen molar-refractivity contribution in [1.82, 2.24) is 0 Å². The molecule has 0 aromatic heterocycles. The van der Waals surface area contributed by atoms with Gasteiger partial charge in [0, 0.05) is 20.8 Å². The van der Waals surface area contributed by atoms with Crippen LogP contribution in [-0.2, 0) is 28.6 Å². The third-order valence-corrected chi connectivity index (χ3v) is 1.38. The first kappa shape index (κ1) is 14.2. The SMILES string of the molecule is C=C(OC(C)=O)C(COC(C)=O)OC(C)=O. The number of hydrogen-bond acceptors (Lipinski definition) is 6. The van der Waals surface area contributed by atoms with E-state index in [1.807, 2.05) is 0 Å². The fraction of sp³-hybridized carbons (Fsp3) is 0.500. The Balaban J connectivity index is 4.40. The highest BCUT2D eigenvalue weighted by Gasteiger charge is 2.20. The summed E-state index contributed by atoms with van der Waals surface area (Å²) in [4.78, 5) is 32.0. The molecule has 1 unspecified atom stereocenters. The maximum absolute atomic E-state index is 10.7. The lowest BCUT2D eigenvalue weighted by Gasteiger charge is -2.17. The van der Waals surface area contributed by atoms with E-state index in [0.717, 1.165) is 0 Å². The molecule has 6 heteroatoms. The number of ether oxygens (including phenoxy) is 3. The van der Waals surface area contributed by atoms with Gasteiger partial charge in [-0.25, -0.2) is 0 Å². The van der Waals surface area contributed by atoms with Gasteiger partial charge in [-0.1, -0.05) is 6.58 Å². The van der Waals surface area contributed by atoms with Crippen LogP contribution >= 0.6 is 0 Å². The maximum atomic E-state index is 10.7. The van der Waals surface area contributed by atoms with Crippen LogP contribution < -0.4 is 0 Å². The van der Waals surface area contributed by atoms with E-state index in [1.54, 1.807) is 0 Å². The number of hydrogen-bond donors (Lipinski definition) is 0. The lowest BCUT2D eigenvalue weighted by molar-refractivity contribution is -0.158. The lowest BCUT2D eigenvalue weighted by atomic mass is 10.3. The van der Waals surface area contributed by atoms with Crippen molar-refractivity contribution in [3.8, 4) is 0 Å². The molecule has 0 rings (SSSR count). The topological polar surface area (TPSA) is 78.9 Å². The van der Waals surface area contributed by atoms with E-state index in [1.165, 1.54) is 20.8 Å². The van der Waals surface area contributed by atoms with Crippen LogP contribution in [0, 0.1) is 0 Å². The summed E-state index contributed by atoms with van der Waals surface area (Å²) in [6, 6.07) is 0. The molecule has 16 heavy (non-hydrogen) atoms. The molecule has 0 aliphatic heterocycles. The molecule has 0 saturated carbocycles. The van der Waals surface area contributed by atoms with Crippen molar-refractivity contribution in [2.75, 3.05) is 6.61 Å². The fourth-order valence-corrected chi connectivity index (χ4v) is 0.836. The smallest absolute Gasteiger partial charge is 0.307 e. The second-order valence-corrected chi connectivity index (χ2v) is 2.96. The summed E-state index contributed by atoms with van der Waals surface area (Å²) in [6.07, 6.45) is -0.981. The molecule has 0 aromatic rings. The zero-order valence-corrected chi connectivity index (χ0v) is 9.44. The van der Waals surface area contributed by atoms with Gasteiger partial charge in [-0.3, -0.25) is 14.4 Å². The molecule has 1 atom stereocenters. The van der Waals surface area contributed by atoms with Gasteiger partial charge in [0.25, 0.3) is 0 Å². The predicted molar refractivity (Wildman–Crippen MR) is 53.1 cm³/mol. The van der Waals surface area contributed by atoms with Crippen LogP contribution in [0.15, 0.2) is 12.3 Å². The highest BCUT2D eigenvalue weighted by Crippen LogP contribution is 2.08. The van der Waals surface area contributed by atoms with E-state index in [4.69, 9.17) is 4.74 Å². The van der Waals surface area contributed by atoms with Crippen LogP contribution in [-0.4, -0.2) is 30.6 Å². The molecule has 0 aromatic carbocycles. The third kappa shape index (κ3) is 6.58. The first-order valence-corrected chi connectivity index (χ1v) is 4.50. The minimum Gasteiger partial charge on any atom is -0.461 e. The molecular formula is C10H14O6. The van der Waals surface area contributed by atoms with Crippen LogP contribution in [0.25, 0.3) is 0 Å². The summed E-state index contributed by atoms with van der Waals surface area (Å²) in [7, 11) is 0. The molecule has 0 radical (unpaired) electrons. The molecule has 0 aliphatic carbocycles. The fourth-order valence-electron chi connectivity index (χ4n) is 0.836. The highest BCUT2D eigenvalue weighted by atomic mass is 16.6. The Bertz CT molecular complexity index is 306. The Morgan fingerprint density at radius 3 is 2.00 bits per heavy atom. The zero-order valence-electron chi connectivity index (χ0n) is 9.44. The average Bonchev–Trinajstić information content (AvgIpc) is 2.09. The largest absolute Gasteiger partial charge is 0.461 e. The van der Waals surface area contributed by atoms with Gasteiger partial charge in [0.15, 0.2) is 6.10 Å². The predicted octanol–water partition coefficient (Wildman–Crippen LogP) is 0.558. The van der Waals surface area contributed by atoms with Crippen LogP contribution in [0.3, 0.4) is 0 Å². The Morgan fingerprint density at radius 2 is 1.62 bits per heavy atom. The molecule has 90 valence electrons. The summed E-state index contributed by atoms with van der Waals surface area (Å²) < 4.78 is 14.1. The van der Waals surface area contributed by atoms with E-state index < -0.39 is 24.0 Å². The molecule has 0 fully saturated rings. The van der Waals surface area contributed by atoms with Gasteiger partial charge in [-0.2, -0.15) is 0 Å². The van der Waals surface area contributed by atoms with E-state index in [0.29, 0.717) is 0 Å². The zero-order chi connectivity index (χ0) is 12.7. The van der Waals surface area contributed by atoms with Crippen LogP contribution in [0.5, 0.6) is 0 Å². The van der Waals surface area contributed by atoms with E-state index in [-0.39, 0.29) is 12.4 Å². The number of esters is 3. The standard InChI is InChI=1S/C10H14O6/c1-6(15-8(3)12)10(16-9(4)13)5-14-7(2)11/h10H,1,5H2,2-4H3. The Hall–Kier alpha value is -1.85. The van der Waals surface area contributed by atoms with Gasteiger partial charge in [0.1, 0.15) is 12.4 Å². The van der Waals surface area contributed by atoms with Crippen LogP contribution in [0.1, 0.15) is 20.8 Å². The highest BCUT2D eigenvalue weighted by molar-refractivity contribution is 5.69. The Kier molecular flexibility index (Phi) is 5.84. The van der Waals surface area contributed by atoms with Gasteiger partial charge in [-0.15, -0.1) is 0 Å². The van der Waals surface area contributed by atoms with Crippen molar-refractivity contribution in [3.63, 3.8) is 0 Å². The Labute approximate surface area is 93.2 Å². The summed E-state index contributed by atoms with van der Waals surface area (Å²) in [5, 5.41) is 0. The Morgan fingerprint density at radius 1 is 1.06 bits per heavy atom. The van der Waals surface area contributed by atoms with Crippen LogP contribution in [0.2, 0.25) is 0 Å². The van der Waals surface area contributed by atoms with Crippen molar-refractivity contribution < 1.29 is 28.6 Å². The number of carbonyl (C=O) groups excluding carboxylic acids is 3. The second-order valence-electron chi connectivity index (χ2n) is 2.96. The maximum Gasteiger partial charge on any atom is 0.307 e. The number of carbonyl (C=O) groups is 3. The molecule has 0 heterocycles. The minimum atomic E-state index is -0.981. The van der Waals surface area contributed by atoms with E-state index in [2.05, 4.69) is 16.1 Å². The van der Waals surface area contributed by atoms with Gasteiger partial charge in [0.05, 0.1) is 0 Å². The molecule has 0 bridgehead atoms. The average molecular weight is 230 g/mol. The molecule has 0 aliphatic rings. The third-order valence-electron chi connectivity index (χ3n) is 1.38. The number of rotatable bonds is 5. The van der Waals surface area contributed by atoms with Gasteiger partial charge in [0.2, 0.25) is 0 Å². The normalized spacial score (nSPS) is 11.2. The molecule has 0 N–H and O–H groups in total. The molecule has 6 nitrogen and oxygen atoms in total. The second kappa shape index (κ2) is 6.60. The van der Waals surface area contributed by atoms with E-state index >= 15 is 0 Å². The molecule has 0 amide bonds. The monoisotopic (exact) mass is 230 g/mol. The van der Waals surface area contributed by atoms with Gasteiger partial charge >= 0.3 is 17.9 Å². The van der Waals surface area contributed by atoms with E-state index in [9.17, 15) is 14.4 Å². The van der Waals surface area contributed by atoms with Crippen molar-refractivity contribution >= 4 is 17.9 Å². The van der Waals surface area contributed by atoms with Crippen molar-refractivity contribution in [1.29, 1.82) is 0 Å². The van der Waals surface area contributed by atoms with Gasteiger partial charge in [-0.05, 0) is 0 Å². The first-order valence-electron chi connectivity index (χ1n) is 4.50. The summed E-state index contributed by atoms with van der Waals surface area (Å²) in [5.41, 5.74) is 0. The molecule has 0 saturated heterocycles.